The molecule has 0 aliphatic carbocycles. The lowest BCUT2D eigenvalue weighted by molar-refractivity contribution is -0.353. The number of hydrogen-bond acceptors (Lipinski definition) is 10. The summed E-state index contributed by atoms with van der Waals surface area (Å²) in [5.74, 6) is 0. The average molecular weight is 340 g/mol. The smallest absolute Gasteiger partial charge is 0.187 e. The molecule has 2 rings (SSSR count). The number of methoxy groups -OCH3 is 1. The van der Waals surface area contributed by atoms with Gasteiger partial charge in [-0.15, -0.1) is 0 Å². The van der Waals surface area contributed by atoms with Gasteiger partial charge in [0.25, 0.3) is 0 Å². The first-order valence-corrected chi connectivity index (χ1v) is 7.32. The molecule has 2 aliphatic rings. The summed E-state index contributed by atoms with van der Waals surface area (Å²) < 4.78 is 20.9. The second-order valence-corrected chi connectivity index (χ2v) is 5.72. The van der Waals surface area contributed by atoms with Crippen LogP contribution in [0.2, 0.25) is 0 Å². The molecule has 10 atom stereocenters. The van der Waals surface area contributed by atoms with E-state index in [9.17, 15) is 25.5 Å². The van der Waals surface area contributed by atoms with Crippen LogP contribution < -0.4 is 0 Å². The second-order valence-electron chi connectivity index (χ2n) is 5.72. The lowest BCUT2D eigenvalue weighted by atomic mass is 9.97. The Balaban J connectivity index is 2.08. The highest BCUT2D eigenvalue weighted by Crippen LogP contribution is 2.29. The molecule has 2 heterocycles. The zero-order valence-corrected chi connectivity index (χ0v) is 12.8. The van der Waals surface area contributed by atoms with Crippen molar-refractivity contribution in [1.82, 2.24) is 0 Å². The highest BCUT2D eigenvalue weighted by atomic mass is 16.7. The molecule has 23 heavy (non-hydrogen) atoms. The Morgan fingerprint density at radius 2 is 1.43 bits per heavy atom. The topological polar surface area (TPSA) is 158 Å². The summed E-state index contributed by atoms with van der Waals surface area (Å²) in [7, 11) is 1.31. The van der Waals surface area contributed by atoms with Crippen LogP contribution in [0.3, 0.4) is 0 Å². The molecule has 0 saturated carbocycles. The van der Waals surface area contributed by atoms with Crippen molar-refractivity contribution in [3.8, 4) is 0 Å². The summed E-state index contributed by atoms with van der Waals surface area (Å²) in [6, 6.07) is 0. The van der Waals surface area contributed by atoms with Gasteiger partial charge >= 0.3 is 0 Å². The minimum atomic E-state index is -1.61. The Kier molecular flexibility index (Phi) is 6.30. The third kappa shape index (κ3) is 3.66. The molecule has 0 aromatic rings. The molecular weight excluding hydrogens is 316 g/mol. The van der Waals surface area contributed by atoms with Gasteiger partial charge in [0.1, 0.15) is 42.7 Å². The molecule has 136 valence electrons. The fourth-order valence-corrected chi connectivity index (χ4v) is 2.72. The lowest BCUT2D eigenvalue weighted by Gasteiger charge is -2.45. The van der Waals surface area contributed by atoms with Crippen LogP contribution >= 0.6 is 0 Å². The van der Waals surface area contributed by atoms with E-state index in [1.165, 1.54) is 7.11 Å². The third-order valence-corrected chi connectivity index (χ3v) is 4.15. The van der Waals surface area contributed by atoms with Crippen molar-refractivity contribution < 1.29 is 49.6 Å². The maximum atomic E-state index is 10.1. The van der Waals surface area contributed by atoms with Gasteiger partial charge < -0.3 is 49.6 Å². The van der Waals surface area contributed by atoms with Crippen LogP contribution in [0.4, 0.5) is 0 Å². The summed E-state index contributed by atoms with van der Waals surface area (Å²) in [4.78, 5) is 0. The van der Waals surface area contributed by atoms with Crippen LogP contribution in [0, 0.1) is 0 Å². The van der Waals surface area contributed by atoms with Crippen LogP contribution in [0.15, 0.2) is 0 Å². The first kappa shape index (κ1) is 18.9. The molecular formula is C13H24O10. The molecule has 10 nitrogen and oxygen atoms in total. The molecule has 0 bridgehead atoms. The van der Waals surface area contributed by atoms with E-state index in [0.717, 1.165) is 0 Å². The zero-order valence-electron chi connectivity index (χ0n) is 12.8. The normalized spacial score (nSPS) is 51.7. The number of aliphatic hydroxyl groups is 6. The summed E-state index contributed by atoms with van der Waals surface area (Å²) in [6.07, 6.45) is -12.9. The molecule has 2 saturated heterocycles. The van der Waals surface area contributed by atoms with Gasteiger partial charge in [-0.25, -0.2) is 0 Å². The Hall–Kier alpha value is -0.400. The SMILES string of the molecule is CO[C@@H]1O[C@@H](C)[C@H](O[C@@H]2O[C@H](CO)[C@@H](O)[C@H](O)[C@H]2O)[C@@H](O)[C@H]1O. The number of ether oxygens (including phenoxy) is 4. The summed E-state index contributed by atoms with van der Waals surface area (Å²) in [5.41, 5.74) is 0. The van der Waals surface area contributed by atoms with Gasteiger partial charge in [0.2, 0.25) is 0 Å². The highest BCUT2D eigenvalue weighted by molar-refractivity contribution is 4.93. The predicted molar refractivity (Wildman–Crippen MR) is 72.0 cm³/mol. The van der Waals surface area contributed by atoms with E-state index >= 15 is 0 Å². The van der Waals surface area contributed by atoms with Crippen molar-refractivity contribution in [3.63, 3.8) is 0 Å². The van der Waals surface area contributed by atoms with E-state index in [0.29, 0.717) is 0 Å². The molecule has 2 fully saturated rings. The van der Waals surface area contributed by atoms with Gasteiger partial charge in [0.15, 0.2) is 12.6 Å². The van der Waals surface area contributed by atoms with Crippen molar-refractivity contribution >= 4 is 0 Å². The van der Waals surface area contributed by atoms with E-state index in [4.69, 9.17) is 24.1 Å². The van der Waals surface area contributed by atoms with E-state index in [2.05, 4.69) is 0 Å². The Bertz CT molecular complexity index is 380. The first-order valence-electron chi connectivity index (χ1n) is 7.32. The van der Waals surface area contributed by atoms with Crippen LogP contribution in [-0.4, -0.2) is 106 Å². The lowest BCUT2D eigenvalue weighted by Crippen LogP contribution is -2.63. The summed E-state index contributed by atoms with van der Waals surface area (Å²) >= 11 is 0. The van der Waals surface area contributed by atoms with E-state index < -0.39 is 68.0 Å². The van der Waals surface area contributed by atoms with Gasteiger partial charge in [-0.2, -0.15) is 0 Å². The second kappa shape index (κ2) is 7.66. The molecule has 0 unspecified atom stereocenters. The van der Waals surface area contributed by atoms with Gasteiger partial charge in [0.05, 0.1) is 12.7 Å². The van der Waals surface area contributed by atoms with Crippen molar-refractivity contribution in [2.75, 3.05) is 13.7 Å². The van der Waals surface area contributed by atoms with Gasteiger partial charge in [-0.1, -0.05) is 0 Å². The van der Waals surface area contributed by atoms with Crippen molar-refractivity contribution in [2.24, 2.45) is 0 Å². The minimum Gasteiger partial charge on any atom is -0.394 e. The van der Waals surface area contributed by atoms with Crippen LogP contribution in [-0.2, 0) is 18.9 Å². The molecule has 0 spiro atoms. The maximum Gasteiger partial charge on any atom is 0.187 e. The molecule has 0 aromatic carbocycles. The fourth-order valence-electron chi connectivity index (χ4n) is 2.72. The van der Waals surface area contributed by atoms with Gasteiger partial charge in [-0.05, 0) is 6.92 Å². The summed E-state index contributed by atoms with van der Waals surface area (Å²) in [6.45, 7) is 0.967. The molecule has 0 aromatic heterocycles. The molecule has 0 amide bonds. The summed E-state index contributed by atoms with van der Waals surface area (Å²) in [5, 5.41) is 58.5. The van der Waals surface area contributed by atoms with Gasteiger partial charge in [0, 0.05) is 7.11 Å². The standard InChI is InChI=1S/C13H24O10/c1-4-11(8(17)10(19)12(20-2)21-4)23-13-9(18)7(16)6(15)5(3-14)22-13/h4-19H,3H2,1-2H3/t4-,5+,6+,7-,8-,9+,10+,11-,12+,13-/m0/s1. The highest BCUT2D eigenvalue weighted by Gasteiger charge is 2.49. The predicted octanol–water partition coefficient (Wildman–Crippen LogP) is -3.72. The molecule has 0 radical (unpaired) electrons. The van der Waals surface area contributed by atoms with Crippen LogP contribution in [0.25, 0.3) is 0 Å². The van der Waals surface area contributed by atoms with Gasteiger partial charge in [-0.3, -0.25) is 0 Å². The van der Waals surface area contributed by atoms with E-state index in [1.807, 2.05) is 0 Å². The average Bonchev–Trinajstić information content (AvgIpc) is 2.54. The molecule has 10 heteroatoms. The number of hydrogen-bond donors (Lipinski definition) is 6. The fraction of sp³-hybridized carbons (Fsp3) is 1.00. The first-order chi connectivity index (χ1) is 10.8. The minimum absolute atomic E-state index is 0.599. The van der Waals surface area contributed by atoms with Crippen molar-refractivity contribution in [3.05, 3.63) is 0 Å². The Morgan fingerprint density at radius 1 is 0.826 bits per heavy atom. The Labute approximate surface area is 132 Å². The van der Waals surface area contributed by atoms with E-state index in [1.54, 1.807) is 6.92 Å². The van der Waals surface area contributed by atoms with Crippen LogP contribution in [0.5, 0.6) is 0 Å². The van der Waals surface area contributed by atoms with Crippen molar-refractivity contribution in [2.45, 2.75) is 68.3 Å². The van der Waals surface area contributed by atoms with E-state index in [-0.39, 0.29) is 0 Å². The zero-order chi connectivity index (χ0) is 17.3. The van der Waals surface area contributed by atoms with Crippen LogP contribution in [0.1, 0.15) is 6.92 Å². The largest absolute Gasteiger partial charge is 0.394 e. The number of aliphatic hydroxyl groups excluding tert-OH is 6. The van der Waals surface area contributed by atoms with Crippen molar-refractivity contribution in [1.29, 1.82) is 0 Å². The third-order valence-electron chi connectivity index (χ3n) is 4.15. The number of rotatable bonds is 4. The quantitative estimate of drug-likeness (QED) is 0.300. The maximum absolute atomic E-state index is 10.1. The molecule has 2 aliphatic heterocycles. The molecule has 6 N–H and O–H groups in total. The Morgan fingerprint density at radius 3 is 2.00 bits per heavy atom. The monoisotopic (exact) mass is 340 g/mol.